The van der Waals surface area contributed by atoms with E-state index in [1.54, 1.807) is 34.9 Å². The number of aryl methyl sites for hydroxylation is 1. The quantitative estimate of drug-likeness (QED) is 0.0499. The minimum Gasteiger partial charge on any atom is -0.458 e. The van der Waals surface area contributed by atoms with Gasteiger partial charge in [-0.1, -0.05) is 290 Å². The lowest BCUT2D eigenvalue weighted by atomic mass is 9.63. The number of aromatic nitrogens is 4. The lowest BCUT2D eigenvalue weighted by Gasteiger charge is -2.42. The van der Waals surface area contributed by atoms with Crippen molar-refractivity contribution >= 4 is 61.7 Å². The van der Waals surface area contributed by atoms with Crippen LogP contribution in [0.3, 0.4) is 0 Å². The molecule has 97 heavy (non-hydrogen) atoms. The second-order valence-corrected chi connectivity index (χ2v) is 27.1. The number of rotatable bonds is 13. The number of fused-ring (bicyclic) bond motifs is 5. The van der Waals surface area contributed by atoms with Gasteiger partial charge in [-0.25, -0.2) is 4.98 Å². The first kappa shape index (κ1) is 26.9. The van der Waals surface area contributed by atoms with Gasteiger partial charge in [0, 0.05) is 54.6 Å². The standard InChI is InChI=1S/C91H78N4OSi/c1-62-52-87(92-60-80(62)64-30-16-10-17-31-64)95-83-43-25-24-42-76(83)77-47-46-71(59-85(77)95)96-70-34-27-33-69(58-70)93-61-94(84-49-45-65(55-86(84)93)63-28-14-9-15-29-63)88-78(56-68(89(2,3)4)57-79(88)67-44-48-81-82(54-67)91(7,8)51-50-90(81,5)6)66-32-26-41-75(53-66)97(72-35-18-11-19-36-72,73-37-20-12-21-38-73)74-39-22-13-23-40-74/h9-49,52-60H,50-51H2,1-8H3/i1D3,5D3,6D3,7D3,8D3,9D,10D,11D,12D,13D,14D,15D,16D,17D,18D,19D,20D,21D,22D,23D,26D,28D,29D,30D,31D,32D,35D,36D,37D,38D,39D,40D,41D,44D,48D,50D2,51D2,53D,54D. The Morgan fingerprint density at radius 1 is 0.505 bits per heavy atom. The van der Waals surface area contributed by atoms with Gasteiger partial charge in [0.05, 0.1) is 77.3 Å². The molecule has 0 saturated carbocycles. The van der Waals surface area contributed by atoms with E-state index < -0.39 is 347 Å². The number of nitrogens with zero attached hydrogens (tertiary/aromatic N) is 4. The van der Waals surface area contributed by atoms with Gasteiger partial charge in [-0.2, -0.15) is 0 Å². The summed E-state index contributed by atoms with van der Waals surface area (Å²) in [7, 11) is -6.94. The Balaban J connectivity index is 1.11. The summed E-state index contributed by atoms with van der Waals surface area (Å²) in [5, 5.41) is -4.41. The van der Waals surface area contributed by atoms with Crippen LogP contribution in [0.4, 0.5) is 0 Å². The Labute approximate surface area is 642 Å². The van der Waals surface area contributed by atoms with E-state index in [1.807, 2.05) is 0 Å². The molecule has 0 atom stereocenters. The van der Waals surface area contributed by atoms with Crippen molar-refractivity contribution in [3.63, 3.8) is 0 Å². The molecule has 0 unspecified atom stereocenters. The SMILES string of the molecule is [2H]c1c([2H])c([2H])c(-c2ccc3c(c2)n(-c2cccc(Oc4ccc5c6ccccc6n(-c6cc(C([2H])([2H])[2H])c(-c7c([2H])c([2H])c([2H])c([2H])c7[2H])cn6)c5c4)c2)[c-][n+]3-c2c(-c3c([2H])c([2H])c4c(c3[2H])C(C([2H])([2H])[2H])(C([2H])([2H])[2H])C([2H])([2H])C([2H])([2H])C4(C([2H])([2H])[2H])C([2H])([2H])[2H])cc(C(C)(C)C)cc2-c2c([2H])c([2H])c([2H])c([Si](c3c([2H])c([2H])c([2H])c([2H])c3[2H])(c3c([2H])c([2H])c([2H])c([2H])c3[2H])c3c([2H])c([2H])c([2H])c([2H])c3[2H])c2[2H])c([2H])c1[2H]. The molecule has 3 aromatic heterocycles. The first-order chi connectivity index (χ1) is 68.1. The lowest BCUT2D eigenvalue weighted by molar-refractivity contribution is -0.571. The van der Waals surface area contributed by atoms with Crippen molar-refractivity contribution in [2.75, 3.05) is 0 Å². The van der Waals surface area contributed by atoms with Crippen molar-refractivity contribution in [3.8, 4) is 73.2 Å². The number of hydrogen-bond acceptors (Lipinski definition) is 2. The molecule has 0 bridgehead atoms. The summed E-state index contributed by atoms with van der Waals surface area (Å²) in [5.41, 5.74) is -23.4. The maximum Gasteiger partial charge on any atom is 0.269 e. The second kappa shape index (κ2) is 24.1. The summed E-state index contributed by atoms with van der Waals surface area (Å²) in [5.74, 6) is -0.240. The fourth-order valence-corrected chi connectivity index (χ4v) is 15.6. The van der Waals surface area contributed by atoms with Gasteiger partial charge in [-0.05, 0) is 166 Å². The van der Waals surface area contributed by atoms with Crippen molar-refractivity contribution in [2.45, 2.75) is 84.0 Å². The van der Waals surface area contributed by atoms with E-state index in [-0.39, 0.29) is 50.7 Å². The third-order valence-corrected chi connectivity index (χ3v) is 20.7. The topological polar surface area (TPSA) is 35.9 Å². The molecule has 0 spiro atoms. The fraction of sp³-hybridized carbons (Fsp3) is 0.143. The Morgan fingerprint density at radius 3 is 1.76 bits per heavy atom. The highest BCUT2D eigenvalue weighted by molar-refractivity contribution is 7.20. The summed E-state index contributed by atoms with van der Waals surface area (Å²) >= 11 is 0. The second-order valence-electron chi connectivity index (χ2n) is 23.6. The summed E-state index contributed by atoms with van der Waals surface area (Å²) in [6, 6.07) is -16.6. The maximum atomic E-state index is 11.4. The molecule has 16 rings (SSSR count). The number of pyridine rings is 1. The Morgan fingerprint density at radius 2 is 1.10 bits per heavy atom. The Hall–Kier alpha value is -10.9. The third kappa shape index (κ3) is 10.8. The van der Waals surface area contributed by atoms with E-state index in [0.717, 1.165) is 39.6 Å². The van der Waals surface area contributed by atoms with Crippen molar-refractivity contribution in [1.82, 2.24) is 14.1 Å². The van der Waals surface area contributed by atoms with Crippen LogP contribution in [0.5, 0.6) is 11.5 Å². The lowest BCUT2D eigenvalue weighted by Crippen LogP contribution is -2.74. The highest BCUT2D eigenvalue weighted by atomic mass is 28.3. The molecule has 0 aliphatic heterocycles. The molecule has 0 amide bonds. The molecule has 0 fully saturated rings. The predicted octanol–water partition coefficient (Wildman–Crippen LogP) is 20.0. The highest BCUT2D eigenvalue weighted by Gasteiger charge is 2.42. The molecular formula is C91H78N4OSi. The van der Waals surface area contributed by atoms with Crippen molar-refractivity contribution < 1.29 is 79.2 Å². The zero-order valence-electron chi connectivity index (χ0n) is 102. The third-order valence-electron chi connectivity index (χ3n) is 16.7. The summed E-state index contributed by atoms with van der Waals surface area (Å²) in [6.07, 6.45) is -5.71. The van der Waals surface area contributed by atoms with Gasteiger partial charge in [0.15, 0.2) is 8.07 Å². The van der Waals surface area contributed by atoms with Crippen LogP contribution in [-0.2, 0) is 16.2 Å². The van der Waals surface area contributed by atoms with Gasteiger partial charge in [0.1, 0.15) is 17.3 Å². The van der Waals surface area contributed by atoms with E-state index in [9.17, 15) is 50.7 Å². The first-order valence-corrected chi connectivity index (χ1v) is 31.8. The monoisotopic (exact) mass is 1320 g/mol. The molecule has 5 nitrogen and oxygen atoms in total. The Kier molecular flexibility index (Phi) is 6.68. The van der Waals surface area contributed by atoms with E-state index in [2.05, 4.69) is 11.3 Å². The van der Waals surface area contributed by atoms with Gasteiger partial charge in [-0.3, -0.25) is 13.7 Å². The maximum absolute atomic E-state index is 11.4. The average molecular weight is 1320 g/mol. The normalized spacial score (nSPS) is 22.9. The van der Waals surface area contributed by atoms with Crippen LogP contribution in [0.1, 0.15) is 153 Å². The van der Waals surface area contributed by atoms with Crippen LogP contribution in [0, 0.1) is 13.2 Å². The summed E-state index contributed by atoms with van der Waals surface area (Å²) in [4.78, 5) is 4.67. The largest absolute Gasteiger partial charge is 0.458 e. The van der Waals surface area contributed by atoms with E-state index in [4.69, 9.17) is 23.9 Å². The molecule has 0 radical (unpaired) electrons. The molecule has 15 aromatic rings. The van der Waals surface area contributed by atoms with Gasteiger partial charge < -0.3 is 4.74 Å². The van der Waals surface area contributed by atoms with Crippen molar-refractivity contribution in [2.24, 2.45) is 0 Å². The van der Waals surface area contributed by atoms with Crippen LogP contribution in [0.25, 0.3) is 94.5 Å². The van der Waals surface area contributed by atoms with E-state index in [0.29, 0.717) is 16.3 Å². The minimum absolute atomic E-state index is 0.0222. The molecular weight excluding hydrogens is 1190 g/mol. The van der Waals surface area contributed by atoms with Gasteiger partial charge in [0.25, 0.3) is 6.33 Å². The Bertz CT molecular complexity index is 7980. The van der Waals surface area contributed by atoms with Crippen molar-refractivity contribution in [3.05, 3.63) is 331 Å². The smallest absolute Gasteiger partial charge is 0.269 e. The fourth-order valence-electron chi connectivity index (χ4n) is 12.1. The minimum atomic E-state index is -6.94. The number of benzene rings is 12. The van der Waals surface area contributed by atoms with Crippen LogP contribution in [0.2, 0.25) is 0 Å². The zero-order chi connectivity index (χ0) is 110. The van der Waals surface area contributed by atoms with Crippen LogP contribution in [-0.4, -0.2) is 22.2 Å². The zero-order valence-corrected chi connectivity index (χ0v) is 52.1. The van der Waals surface area contributed by atoms with Gasteiger partial charge >= 0.3 is 0 Å². The van der Waals surface area contributed by atoms with Crippen LogP contribution >= 0.6 is 0 Å². The first-order valence-electron chi connectivity index (χ1n) is 55.3. The van der Waals surface area contributed by atoms with Crippen LogP contribution < -0.4 is 30.1 Å². The molecule has 0 N–H and O–H groups in total. The molecule has 472 valence electrons. The molecule has 12 aromatic carbocycles. The van der Waals surface area contributed by atoms with Crippen LogP contribution in [0.15, 0.2) is 303 Å². The summed E-state index contributed by atoms with van der Waals surface area (Å²) < 4.78 is 494. The number of ether oxygens (including phenoxy) is 1. The molecule has 0 saturated heterocycles. The number of para-hydroxylation sites is 1. The average Bonchev–Trinajstić information content (AvgIpc) is 0.666. The number of hydrogen-bond donors (Lipinski definition) is 0. The highest BCUT2D eigenvalue weighted by Crippen LogP contribution is 2.49. The summed E-state index contributed by atoms with van der Waals surface area (Å²) in [6.45, 7) is -17.5. The van der Waals surface area contributed by atoms with E-state index in [1.165, 1.54) is 69.3 Å². The van der Waals surface area contributed by atoms with E-state index >= 15 is 0 Å². The molecule has 6 heteroatoms. The molecule has 3 heterocycles. The molecule has 1 aliphatic carbocycles. The number of imidazole rings is 1. The van der Waals surface area contributed by atoms with Crippen molar-refractivity contribution in [1.29, 1.82) is 0 Å². The van der Waals surface area contributed by atoms with Gasteiger partial charge in [-0.15, -0.1) is 0 Å². The van der Waals surface area contributed by atoms with Gasteiger partial charge in [0.2, 0.25) is 0 Å². The predicted molar refractivity (Wildman–Crippen MR) is 406 cm³/mol. The molecule has 1 aliphatic rings.